The predicted octanol–water partition coefficient (Wildman–Crippen LogP) is 1.89. The summed E-state index contributed by atoms with van der Waals surface area (Å²) in [5, 5.41) is 10.1. The van der Waals surface area contributed by atoms with Gasteiger partial charge >= 0.3 is 0 Å². The van der Waals surface area contributed by atoms with Crippen molar-refractivity contribution in [1.82, 2.24) is 4.57 Å². The number of quaternary nitrogens is 1. The third-order valence-corrected chi connectivity index (χ3v) is 4.54. The Kier molecular flexibility index (Phi) is 7.69. The normalized spacial score (nSPS) is 14.0. The van der Waals surface area contributed by atoms with Gasteiger partial charge in [-0.05, 0) is 30.2 Å². The van der Waals surface area contributed by atoms with E-state index in [-0.39, 0.29) is 0 Å². The van der Waals surface area contributed by atoms with Crippen LogP contribution in [0.25, 0.3) is 0 Å². The topological polar surface area (TPSA) is 38.8 Å². The number of aliphatic hydroxyl groups excluding tert-OH is 1. The summed E-state index contributed by atoms with van der Waals surface area (Å²) in [6.45, 7) is 10.6. The number of aliphatic hydroxyl groups is 1. The van der Waals surface area contributed by atoms with Crippen LogP contribution in [0, 0.1) is 12.8 Å². The van der Waals surface area contributed by atoms with E-state index in [1.54, 1.807) is 7.11 Å². The van der Waals surface area contributed by atoms with Crippen LogP contribution < -0.4 is 4.90 Å². The maximum absolute atomic E-state index is 10.1. The van der Waals surface area contributed by atoms with Gasteiger partial charge < -0.3 is 19.3 Å². The van der Waals surface area contributed by atoms with Crippen LogP contribution in [0.1, 0.15) is 30.7 Å². The Labute approximate surface area is 152 Å². The Morgan fingerprint density at radius 2 is 1.88 bits per heavy atom. The number of nitrogens with one attached hydrogen (secondary N) is 1. The lowest BCUT2D eigenvalue weighted by molar-refractivity contribution is -0.920. The van der Waals surface area contributed by atoms with E-state index < -0.39 is 6.10 Å². The van der Waals surface area contributed by atoms with E-state index in [2.05, 4.69) is 67.9 Å². The maximum Gasteiger partial charge on any atom is 0.126 e. The average molecular weight is 346 g/mol. The number of methoxy groups -OCH3 is 1. The molecular formula is C21H33N2O2+. The number of aromatic nitrogens is 1. The van der Waals surface area contributed by atoms with E-state index in [0.717, 1.165) is 19.6 Å². The molecule has 1 unspecified atom stereocenters. The molecule has 138 valence electrons. The SMILES string of the molecule is COC[C@@H](O)C[NH+](Cc1cccn1Cc1ccccc1C)CC(C)C. The number of nitrogens with zero attached hydrogens (tertiary/aromatic N) is 1. The van der Waals surface area contributed by atoms with Crippen LogP contribution in [0.5, 0.6) is 0 Å². The van der Waals surface area contributed by atoms with E-state index in [1.807, 2.05) is 0 Å². The summed E-state index contributed by atoms with van der Waals surface area (Å²) in [4.78, 5) is 1.39. The van der Waals surface area contributed by atoms with Crippen molar-refractivity contribution in [2.45, 2.75) is 40.0 Å². The minimum atomic E-state index is -0.418. The number of hydrogen-bond donors (Lipinski definition) is 2. The molecule has 0 saturated heterocycles. The molecule has 4 nitrogen and oxygen atoms in total. The van der Waals surface area contributed by atoms with Gasteiger partial charge in [-0.25, -0.2) is 0 Å². The summed E-state index contributed by atoms with van der Waals surface area (Å²) >= 11 is 0. The highest BCUT2D eigenvalue weighted by Crippen LogP contribution is 2.11. The molecule has 25 heavy (non-hydrogen) atoms. The minimum absolute atomic E-state index is 0.395. The van der Waals surface area contributed by atoms with Gasteiger partial charge in [0.15, 0.2) is 0 Å². The quantitative estimate of drug-likeness (QED) is 0.690. The Morgan fingerprint density at radius 3 is 2.56 bits per heavy atom. The summed E-state index contributed by atoms with van der Waals surface area (Å²) < 4.78 is 7.42. The first-order valence-electron chi connectivity index (χ1n) is 9.18. The van der Waals surface area contributed by atoms with Gasteiger partial charge in [-0.1, -0.05) is 38.1 Å². The van der Waals surface area contributed by atoms with Crippen molar-refractivity contribution in [2.24, 2.45) is 5.92 Å². The Morgan fingerprint density at radius 1 is 1.12 bits per heavy atom. The number of ether oxygens (including phenoxy) is 1. The first-order valence-corrected chi connectivity index (χ1v) is 9.18. The van der Waals surface area contributed by atoms with Gasteiger partial charge in [0, 0.05) is 25.8 Å². The van der Waals surface area contributed by atoms with Crippen molar-refractivity contribution in [3.8, 4) is 0 Å². The second-order valence-electron chi connectivity index (χ2n) is 7.39. The fraction of sp³-hybridized carbons (Fsp3) is 0.524. The molecule has 0 fully saturated rings. The van der Waals surface area contributed by atoms with Crippen LogP contribution in [0.4, 0.5) is 0 Å². The number of aryl methyl sites for hydroxylation is 1. The first kappa shape index (κ1) is 19.7. The van der Waals surface area contributed by atoms with Crippen LogP contribution in [0.2, 0.25) is 0 Å². The van der Waals surface area contributed by atoms with E-state index in [4.69, 9.17) is 4.74 Å². The minimum Gasteiger partial charge on any atom is -0.385 e. The van der Waals surface area contributed by atoms with Gasteiger partial charge in [0.05, 0.1) is 18.8 Å². The lowest BCUT2D eigenvalue weighted by atomic mass is 10.1. The zero-order chi connectivity index (χ0) is 18.2. The predicted molar refractivity (Wildman–Crippen MR) is 102 cm³/mol. The van der Waals surface area contributed by atoms with Crippen molar-refractivity contribution in [3.63, 3.8) is 0 Å². The van der Waals surface area contributed by atoms with E-state index in [9.17, 15) is 5.11 Å². The lowest BCUT2D eigenvalue weighted by Crippen LogP contribution is -3.12. The molecule has 0 aliphatic rings. The molecule has 0 amide bonds. The third kappa shape index (κ3) is 6.31. The largest absolute Gasteiger partial charge is 0.385 e. The van der Waals surface area contributed by atoms with E-state index in [0.29, 0.717) is 19.1 Å². The summed E-state index contributed by atoms with van der Waals surface area (Å²) in [5.41, 5.74) is 3.98. The van der Waals surface area contributed by atoms with Gasteiger partial charge in [0.2, 0.25) is 0 Å². The zero-order valence-electron chi connectivity index (χ0n) is 16.0. The van der Waals surface area contributed by atoms with Crippen LogP contribution in [-0.4, -0.2) is 42.6 Å². The van der Waals surface area contributed by atoms with Gasteiger partial charge in [0.25, 0.3) is 0 Å². The zero-order valence-corrected chi connectivity index (χ0v) is 16.0. The summed E-state index contributed by atoms with van der Waals surface area (Å²) in [7, 11) is 1.64. The lowest BCUT2D eigenvalue weighted by Gasteiger charge is -2.24. The van der Waals surface area contributed by atoms with Crippen molar-refractivity contribution >= 4 is 0 Å². The average Bonchev–Trinajstić information content (AvgIpc) is 2.96. The fourth-order valence-electron chi connectivity index (χ4n) is 3.38. The smallest absolute Gasteiger partial charge is 0.126 e. The monoisotopic (exact) mass is 345 g/mol. The van der Waals surface area contributed by atoms with Crippen molar-refractivity contribution in [1.29, 1.82) is 0 Å². The molecule has 2 aromatic rings. The first-order chi connectivity index (χ1) is 12.0. The molecule has 4 heteroatoms. The van der Waals surface area contributed by atoms with Crippen LogP contribution in [0.3, 0.4) is 0 Å². The highest BCUT2D eigenvalue weighted by Gasteiger charge is 2.18. The van der Waals surface area contributed by atoms with Gasteiger partial charge in [0.1, 0.15) is 19.2 Å². The molecule has 2 N–H and O–H groups in total. The van der Waals surface area contributed by atoms with Crippen LogP contribution in [-0.2, 0) is 17.8 Å². The van der Waals surface area contributed by atoms with Gasteiger partial charge in [-0.15, -0.1) is 0 Å². The molecule has 0 saturated carbocycles. The van der Waals surface area contributed by atoms with Crippen molar-refractivity contribution in [3.05, 3.63) is 59.4 Å². The molecule has 2 rings (SSSR count). The molecule has 1 aromatic carbocycles. The molecule has 2 atom stereocenters. The van der Waals surface area contributed by atoms with E-state index in [1.165, 1.54) is 21.7 Å². The Bertz CT molecular complexity index is 636. The Hall–Kier alpha value is -1.62. The fourth-order valence-corrected chi connectivity index (χ4v) is 3.38. The van der Waals surface area contributed by atoms with E-state index >= 15 is 0 Å². The van der Waals surface area contributed by atoms with Crippen LogP contribution >= 0.6 is 0 Å². The molecule has 0 aliphatic heterocycles. The van der Waals surface area contributed by atoms with Crippen molar-refractivity contribution in [2.75, 3.05) is 26.8 Å². The van der Waals surface area contributed by atoms with Crippen LogP contribution in [0.15, 0.2) is 42.6 Å². The third-order valence-electron chi connectivity index (χ3n) is 4.54. The highest BCUT2D eigenvalue weighted by atomic mass is 16.5. The molecule has 0 spiro atoms. The molecule has 0 aliphatic carbocycles. The number of hydrogen-bond acceptors (Lipinski definition) is 2. The molecule has 0 radical (unpaired) electrons. The standard InChI is InChI=1S/C21H32N2O2/c1-17(2)12-22(15-21(24)16-25-4)14-20-10-7-11-23(20)13-19-9-6-5-8-18(19)3/h5-11,17,21,24H,12-16H2,1-4H3/p+1/t21-/m0/s1. The highest BCUT2D eigenvalue weighted by molar-refractivity contribution is 5.26. The molecule has 1 heterocycles. The summed E-state index contributed by atoms with van der Waals surface area (Å²) in [6.07, 6.45) is 1.74. The molecule has 0 bridgehead atoms. The number of rotatable bonds is 10. The second kappa shape index (κ2) is 9.76. The summed E-state index contributed by atoms with van der Waals surface area (Å²) in [6, 6.07) is 12.9. The molecular weight excluding hydrogens is 312 g/mol. The van der Waals surface area contributed by atoms with Crippen molar-refractivity contribution < 1.29 is 14.7 Å². The Balaban J connectivity index is 2.09. The number of benzene rings is 1. The maximum atomic E-state index is 10.1. The van der Waals surface area contributed by atoms with Gasteiger partial charge in [-0.3, -0.25) is 0 Å². The summed E-state index contributed by atoms with van der Waals surface area (Å²) in [5.74, 6) is 0.588. The second-order valence-corrected chi connectivity index (χ2v) is 7.39. The van der Waals surface area contributed by atoms with Gasteiger partial charge in [-0.2, -0.15) is 0 Å². The molecule has 1 aromatic heterocycles.